The average Bonchev–Trinajstić information content (AvgIpc) is 2.89. The maximum absolute atomic E-state index is 12.3. The van der Waals surface area contributed by atoms with E-state index in [0.717, 1.165) is 33.4 Å². The molecular weight excluding hydrogens is 488 g/mol. The molecule has 0 radical (unpaired) electrons. The molecule has 196 valence electrons. The number of nitrogens with zero attached hydrogens (tertiary/aromatic N) is 5. The predicted molar refractivity (Wildman–Crippen MR) is 151 cm³/mol. The number of carbonyl (C=O) groups excluding carboxylic acids is 1. The van der Waals surface area contributed by atoms with Crippen molar-refractivity contribution < 1.29 is 9.53 Å². The Morgan fingerprint density at radius 1 is 1.22 bits per heavy atom. The maximum Gasteiger partial charge on any atom is 0.271 e. The smallest absolute Gasteiger partial charge is 0.271 e. The Morgan fingerprint density at radius 2 is 1.92 bits per heavy atom. The second-order valence-electron chi connectivity index (χ2n) is 9.06. The van der Waals surface area contributed by atoms with E-state index in [1.54, 1.807) is 26.4 Å². The third-order valence-electron chi connectivity index (χ3n) is 6.52. The molecule has 0 fully saturated rings. The highest BCUT2D eigenvalue weighted by molar-refractivity contribution is 6.32. The molecule has 1 atom stereocenters. The number of benzene rings is 1. The lowest BCUT2D eigenvalue weighted by Gasteiger charge is -2.31. The lowest BCUT2D eigenvalue weighted by molar-refractivity contribution is 0.0822. The third kappa shape index (κ3) is 5.54. The normalized spacial score (nSPS) is 12.3. The fourth-order valence-corrected chi connectivity index (χ4v) is 4.38. The van der Waals surface area contributed by atoms with Crippen LogP contribution in [-0.4, -0.2) is 53.5 Å². The van der Waals surface area contributed by atoms with Gasteiger partial charge in [0.1, 0.15) is 29.4 Å². The number of ether oxygens (including phenoxy) is 1. The molecule has 0 aliphatic heterocycles. The molecule has 0 spiro atoms. The van der Waals surface area contributed by atoms with Gasteiger partial charge < -0.3 is 20.3 Å². The van der Waals surface area contributed by atoms with Gasteiger partial charge in [0.25, 0.3) is 5.91 Å². The summed E-state index contributed by atoms with van der Waals surface area (Å²) in [6.07, 6.45) is 5.15. The van der Waals surface area contributed by atoms with Gasteiger partial charge in [-0.2, -0.15) is 0 Å². The Balaban J connectivity index is 2.18. The van der Waals surface area contributed by atoms with Crippen LogP contribution < -0.4 is 15.4 Å². The van der Waals surface area contributed by atoms with E-state index < -0.39 is 0 Å². The standard InChI is InChI=1S/C28H35ClN6O2/c1-9-16(3)23-26(30)32-15-33-27(23)35(8)18(5)20-13-21(29)17(4)24(25(20)37-10-2)19-11-12-22(31-14-19)28(36)34(6)7/h9,11-15,18H,10H2,1-8H3,(H2,30,32,33). The van der Waals surface area contributed by atoms with Gasteiger partial charge in [-0.3, -0.25) is 9.78 Å². The van der Waals surface area contributed by atoms with Crippen LogP contribution in [0.25, 0.3) is 16.7 Å². The van der Waals surface area contributed by atoms with Gasteiger partial charge in [0, 0.05) is 49.1 Å². The van der Waals surface area contributed by atoms with Crippen LogP contribution in [0.15, 0.2) is 36.8 Å². The summed E-state index contributed by atoms with van der Waals surface area (Å²) in [4.78, 5) is 29.1. The van der Waals surface area contributed by atoms with E-state index >= 15 is 0 Å². The van der Waals surface area contributed by atoms with Gasteiger partial charge in [-0.15, -0.1) is 0 Å². The number of aromatic nitrogens is 3. The van der Waals surface area contributed by atoms with Gasteiger partial charge in [-0.25, -0.2) is 9.97 Å². The van der Waals surface area contributed by atoms with Crippen molar-refractivity contribution in [2.45, 2.75) is 40.7 Å². The maximum atomic E-state index is 12.3. The third-order valence-corrected chi connectivity index (χ3v) is 6.91. The number of hydrogen-bond acceptors (Lipinski definition) is 7. The number of allylic oxidation sites excluding steroid dienone is 2. The molecule has 1 unspecified atom stereocenters. The Morgan fingerprint density at radius 3 is 2.49 bits per heavy atom. The Hall–Kier alpha value is -3.65. The van der Waals surface area contributed by atoms with Crippen LogP contribution in [0.5, 0.6) is 5.75 Å². The zero-order chi connectivity index (χ0) is 27.4. The molecular formula is C28H35ClN6O2. The van der Waals surface area contributed by atoms with Gasteiger partial charge in [0.2, 0.25) is 0 Å². The average molecular weight is 523 g/mol. The number of carbonyl (C=O) groups is 1. The number of nitrogen functional groups attached to an aromatic ring is 1. The molecule has 37 heavy (non-hydrogen) atoms. The molecule has 3 aromatic rings. The molecule has 0 saturated carbocycles. The SMILES string of the molecule is CC=C(C)c1c(N)ncnc1N(C)C(C)c1cc(Cl)c(C)c(-c2ccc(C(=O)N(C)C)nc2)c1OCC. The highest BCUT2D eigenvalue weighted by Crippen LogP contribution is 2.44. The molecule has 2 heterocycles. The first-order valence-corrected chi connectivity index (χ1v) is 12.5. The second-order valence-corrected chi connectivity index (χ2v) is 9.46. The number of anilines is 2. The number of rotatable bonds is 8. The molecule has 8 nitrogen and oxygen atoms in total. The largest absolute Gasteiger partial charge is 0.493 e. The van der Waals surface area contributed by atoms with Crippen molar-refractivity contribution in [2.75, 3.05) is 38.4 Å². The lowest BCUT2D eigenvalue weighted by atomic mass is 9.93. The molecule has 9 heteroatoms. The van der Waals surface area contributed by atoms with Crippen molar-refractivity contribution in [2.24, 2.45) is 0 Å². The van der Waals surface area contributed by atoms with E-state index in [9.17, 15) is 4.79 Å². The van der Waals surface area contributed by atoms with Crippen molar-refractivity contribution >= 4 is 34.7 Å². The minimum Gasteiger partial charge on any atom is -0.493 e. The molecule has 1 amide bonds. The summed E-state index contributed by atoms with van der Waals surface area (Å²) in [6.45, 7) is 10.4. The quantitative estimate of drug-likeness (QED) is 0.399. The number of nitrogens with two attached hydrogens (primary N) is 1. The highest BCUT2D eigenvalue weighted by atomic mass is 35.5. The predicted octanol–water partition coefficient (Wildman–Crippen LogP) is 5.80. The molecule has 3 rings (SSSR count). The fourth-order valence-electron chi connectivity index (χ4n) is 4.17. The van der Waals surface area contributed by atoms with Crippen LogP contribution in [0.1, 0.15) is 60.9 Å². The topological polar surface area (TPSA) is 97.5 Å². The fraction of sp³-hybridized carbons (Fsp3) is 0.357. The zero-order valence-corrected chi connectivity index (χ0v) is 23.5. The number of pyridine rings is 1. The highest BCUT2D eigenvalue weighted by Gasteiger charge is 2.26. The zero-order valence-electron chi connectivity index (χ0n) is 22.8. The van der Waals surface area contributed by atoms with Crippen molar-refractivity contribution in [3.05, 3.63) is 64.2 Å². The molecule has 2 N–H and O–H groups in total. The number of amides is 1. The first kappa shape index (κ1) is 27.9. The van der Waals surface area contributed by atoms with E-state index in [1.807, 2.05) is 57.9 Å². The lowest BCUT2D eigenvalue weighted by Crippen LogP contribution is -2.25. The summed E-state index contributed by atoms with van der Waals surface area (Å²) in [5.41, 5.74) is 11.8. The molecule has 1 aromatic carbocycles. The van der Waals surface area contributed by atoms with Crippen LogP contribution in [0.3, 0.4) is 0 Å². The molecule has 2 aromatic heterocycles. The Labute approximate surface area is 224 Å². The molecule has 0 aliphatic carbocycles. The van der Waals surface area contributed by atoms with Crippen molar-refractivity contribution in [1.29, 1.82) is 0 Å². The van der Waals surface area contributed by atoms with E-state index in [1.165, 1.54) is 11.2 Å². The summed E-state index contributed by atoms with van der Waals surface area (Å²) in [6, 6.07) is 5.36. The summed E-state index contributed by atoms with van der Waals surface area (Å²) in [5, 5.41) is 0.606. The van der Waals surface area contributed by atoms with Gasteiger partial charge >= 0.3 is 0 Å². The minimum absolute atomic E-state index is 0.160. The van der Waals surface area contributed by atoms with E-state index in [0.29, 0.717) is 34.7 Å². The van der Waals surface area contributed by atoms with Crippen molar-refractivity contribution in [3.63, 3.8) is 0 Å². The van der Waals surface area contributed by atoms with Gasteiger partial charge in [0.05, 0.1) is 18.2 Å². The monoisotopic (exact) mass is 522 g/mol. The van der Waals surface area contributed by atoms with E-state index in [2.05, 4.69) is 21.9 Å². The first-order valence-electron chi connectivity index (χ1n) is 12.1. The molecule has 0 bridgehead atoms. The van der Waals surface area contributed by atoms with Gasteiger partial charge in [-0.1, -0.05) is 23.7 Å². The van der Waals surface area contributed by atoms with Gasteiger partial charge in [0.15, 0.2) is 0 Å². The van der Waals surface area contributed by atoms with Crippen LogP contribution >= 0.6 is 11.6 Å². The summed E-state index contributed by atoms with van der Waals surface area (Å²) >= 11 is 6.78. The van der Waals surface area contributed by atoms with E-state index in [-0.39, 0.29) is 11.9 Å². The van der Waals surface area contributed by atoms with Crippen LogP contribution in [0.2, 0.25) is 5.02 Å². The summed E-state index contributed by atoms with van der Waals surface area (Å²) in [5.74, 6) is 1.69. The molecule has 0 saturated heterocycles. The Bertz CT molecular complexity index is 1320. The number of hydrogen-bond donors (Lipinski definition) is 1. The van der Waals surface area contributed by atoms with Crippen molar-refractivity contribution in [1.82, 2.24) is 19.9 Å². The summed E-state index contributed by atoms with van der Waals surface area (Å²) < 4.78 is 6.25. The van der Waals surface area contributed by atoms with Crippen LogP contribution in [-0.2, 0) is 0 Å². The molecule has 0 aliphatic rings. The van der Waals surface area contributed by atoms with Crippen molar-refractivity contribution in [3.8, 4) is 16.9 Å². The van der Waals surface area contributed by atoms with Gasteiger partial charge in [-0.05, 0) is 57.9 Å². The van der Waals surface area contributed by atoms with E-state index in [4.69, 9.17) is 22.1 Å². The van der Waals surface area contributed by atoms with Crippen LogP contribution in [0, 0.1) is 6.92 Å². The second kappa shape index (κ2) is 11.6. The first-order chi connectivity index (χ1) is 17.5. The Kier molecular flexibility index (Phi) is 8.76. The number of halogens is 1. The van der Waals surface area contributed by atoms with Crippen LogP contribution in [0.4, 0.5) is 11.6 Å². The minimum atomic E-state index is -0.182. The summed E-state index contributed by atoms with van der Waals surface area (Å²) in [7, 11) is 5.36.